The normalized spacial score (nSPS) is 11.3. The molecule has 2 rings (SSSR count). The summed E-state index contributed by atoms with van der Waals surface area (Å²) in [5, 5.41) is 0.861. The van der Waals surface area contributed by atoms with Crippen molar-refractivity contribution in [1.29, 1.82) is 0 Å². The molecule has 1 aromatic carbocycles. The zero-order valence-electron chi connectivity index (χ0n) is 11.7. The van der Waals surface area contributed by atoms with Crippen molar-refractivity contribution in [1.82, 2.24) is 9.36 Å². The van der Waals surface area contributed by atoms with Gasteiger partial charge in [0.2, 0.25) is 0 Å². The summed E-state index contributed by atoms with van der Waals surface area (Å²) < 4.78 is 3.43. The van der Waals surface area contributed by atoms with Gasteiger partial charge in [0.25, 0.3) is 5.56 Å². The molecule has 0 radical (unpaired) electrons. The fourth-order valence-electron chi connectivity index (χ4n) is 2.37. The van der Waals surface area contributed by atoms with Gasteiger partial charge in [0, 0.05) is 6.54 Å². The molecule has 0 fully saturated rings. The molecule has 0 atom stereocenters. The van der Waals surface area contributed by atoms with E-state index in [-0.39, 0.29) is 17.2 Å². The second-order valence-corrected chi connectivity index (χ2v) is 5.70. The first kappa shape index (κ1) is 15.0. The Morgan fingerprint density at radius 1 is 1.25 bits per heavy atom. The van der Waals surface area contributed by atoms with Gasteiger partial charge in [0.15, 0.2) is 0 Å². The standard InChI is InChI=1S/C14H17Cl2N3O/c1-4-18-13(8(2)3)12(17)14(20)19(18)9-5-6-10(15)11(16)7-9/h5-8H,4,17H2,1-3H3. The zero-order valence-corrected chi connectivity index (χ0v) is 13.2. The van der Waals surface area contributed by atoms with Gasteiger partial charge in [0.05, 0.1) is 21.4 Å². The number of aromatic nitrogens is 2. The molecule has 2 N–H and O–H groups in total. The highest BCUT2D eigenvalue weighted by molar-refractivity contribution is 6.42. The van der Waals surface area contributed by atoms with Crippen LogP contribution in [0.3, 0.4) is 0 Å². The van der Waals surface area contributed by atoms with Gasteiger partial charge in [-0.25, -0.2) is 4.68 Å². The number of nitrogens with two attached hydrogens (primary N) is 1. The Bertz CT molecular complexity index is 701. The minimum absolute atomic E-state index is 0.159. The average molecular weight is 314 g/mol. The molecule has 0 aliphatic rings. The van der Waals surface area contributed by atoms with Crippen LogP contribution >= 0.6 is 23.2 Å². The Kier molecular flexibility index (Phi) is 4.16. The molecule has 0 amide bonds. The number of nitrogens with zero attached hydrogens (tertiary/aromatic N) is 2. The van der Waals surface area contributed by atoms with E-state index in [1.165, 1.54) is 0 Å². The summed E-state index contributed by atoms with van der Waals surface area (Å²) >= 11 is 12.0. The zero-order chi connectivity index (χ0) is 15.0. The van der Waals surface area contributed by atoms with Crippen LogP contribution in [-0.2, 0) is 6.54 Å². The largest absolute Gasteiger partial charge is 0.393 e. The summed E-state index contributed by atoms with van der Waals surface area (Å²) in [7, 11) is 0. The highest BCUT2D eigenvalue weighted by Crippen LogP contribution is 2.26. The molecule has 0 bridgehead atoms. The first-order valence-electron chi connectivity index (χ1n) is 6.45. The van der Waals surface area contributed by atoms with Gasteiger partial charge in [-0.2, -0.15) is 0 Å². The first-order valence-corrected chi connectivity index (χ1v) is 7.20. The van der Waals surface area contributed by atoms with Gasteiger partial charge < -0.3 is 5.73 Å². The number of rotatable bonds is 3. The molecule has 1 aromatic heterocycles. The SMILES string of the molecule is CCn1c(C(C)C)c(N)c(=O)n1-c1ccc(Cl)c(Cl)c1. The molecule has 0 saturated heterocycles. The van der Waals surface area contributed by atoms with E-state index in [2.05, 4.69) is 0 Å². The summed E-state index contributed by atoms with van der Waals surface area (Å²) in [5.41, 5.74) is 7.52. The molecule has 6 heteroatoms. The summed E-state index contributed by atoms with van der Waals surface area (Å²) in [6, 6.07) is 5.09. The van der Waals surface area contributed by atoms with Crippen molar-refractivity contribution in [2.24, 2.45) is 0 Å². The number of benzene rings is 1. The van der Waals surface area contributed by atoms with Crippen molar-refractivity contribution in [3.63, 3.8) is 0 Å². The Morgan fingerprint density at radius 3 is 2.40 bits per heavy atom. The van der Waals surface area contributed by atoms with Crippen molar-refractivity contribution < 1.29 is 0 Å². The van der Waals surface area contributed by atoms with Crippen molar-refractivity contribution >= 4 is 28.9 Å². The van der Waals surface area contributed by atoms with Crippen molar-refractivity contribution in [3.05, 3.63) is 44.3 Å². The van der Waals surface area contributed by atoms with Gasteiger partial charge in [-0.15, -0.1) is 0 Å². The Morgan fingerprint density at radius 2 is 1.90 bits per heavy atom. The second kappa shape index (κ2) is 5.54. The van der Waals surface area contributed by atoms with E-state index >= 15 is 0 Å². The number of hydrogen-bond donors (Lipinski definition) is 1. The van der Waals surface area contributed by atoms with Crippen LogP contribution in [0.1, 0.15) is 32.4 Å². The lowest BCUT2D eigenvalue weighted by Crippen LogP contribution is -2.22. The van der Waals surface area contributed by atoms with Crippen LogP contribution in [0.4, 0.5) is 5.69 Å². The van der Waals surface area contributed by atoms with E-state index in [1.807, 2.05) is 25.5 Å². The molecule has 2 aromatic rings. The van der Waals surface area contributed by atoms with Crippen molar-refractivity contribution in [2.45, 2.75) is 33.2 Å². The third-order valence-electron chi connectivity index (χ3n) is 3.21. The van der Waals surface area contributed by atoms with Crippen molar-refractivity contribution in [3.8, 4) is 5.69 Å². The maximum absolute atomic E-state index is 12.4. The quantitative estimate of drug-likeness (QED) is 0.940. The van der Waals surface area contributed by atoms with Crippen LogP contribution < -0.4 is 11.3 Å². The smallest absolute Gasteiger partial charge is 0.294 e. The van der Waals surface area contributed by atoms with E-state index < -0.39 is 0 Å². The third-order valence-corrected chi connectivity index (χ3v) is 3.95. The molecule has 0 unspecified atom stereocenters. The lowest BCUT2D eigenvalue weighted by atomic mass is 10.1. The Balaban J connectivity index is 2.77. The maximum atomic E-state index is 12.4. The summed E-state index contributed by atoms with van der Waals surface area (Å²) in [6.07, 6.45) is 0. The molecule has 108 valence electrons. The molecule has 0 aliphatic heterocycles. The predicted molar refractivity (Wildman–Crippen MR) is 84.2 cm³/mol. The van der Waals surface area contributed by atoms with Gasteiger partial charge in [0.1, 0.15) is 5.69 Å². The first-order chi connectivity index (χ1) is 9.38. The van der Waals surface area contributed by atoms with Crippen LogP contribution in [0.25, 0.3) is 5.69 Å². The van der Waals surface area contributed by atoms with Gasteiger partial charge in [-0.3, -0.25) is 9.48 Å². The lowest BCUT2D eigenvalue weighted by Gasteiger charge is -2.15. The fourth-order valence-corrected chi connectivity index (χ4v) is 2.67. The molecule has 0 aliphatic carbocycles. The monoisotopic (exact) mass is 313 g/mol. The summed E-state index contributed by atoms with van der Waals surface area (Å²) in [6.45, 7) is 6.63. The molecular weight excluding hydrogens is 297 g/mol. The molecule has 1 heterocycles. The number of halogens is 2. The van der Waals surface area contributed by atoms with Gasteiger partial charge in [-0.1, -0.05) is 37.0 Å². The van der Waals surface area contributed by atoms with Crippen LogP contribution in [0.15, 0.2) is 23.0 Å². The van der Waals surface area contributed by atoms with Crippen LogP contribution in [0.5, 0.6) is 0 Å². The van der Waals surface area contributed by atoms with Crippen LogP contribution in [0.2, 0.25) is 10.0 Å². The van der Waals surface area contributed by atoms with Crippen molar-refractivity contribution in [2.75, 3.05) is 5.73 Å². The number of hydrogen-bond acceptors (Lipinski definition) is 2. The molecule has 20 heavy (non-hydrogen) atoms. The fraction of sp³-hybridized carbons (Fsp3) is 0.357. The minimum Gasteiger partial charge on any atom is -0.393 e. The maximum Gasteiger partial charge on any atom is 0.294 e. The Hall–Kier alpha value is -1.39. The minimum atomic E-state index is -0.228. The molecule has 0 saturated carbocycles. The third kappa shape index (κ3) is 2.34. The highest BCUT2D eigenvalue weighted by atomic mass is 35.5. The summed E-state index contributed by atoms with van der Waals surface area (Å²) in [5.74, 6) is 0.159. The van der Waals surface area contributed by atoms with E-state index in [0.717, 1.165) is 5.69 Å². The van der Waals surface area contributed by atoms with E-state index in [0.29, 0.717) is 22.3 Å². The van der Waals surface area contributed by atoms with E-state index in [1.54, 1.807) is 22.9 Å². The van der Waals surface area contributed by atoms with Gasteiger partial charge in [-0.05, 0) is 31.0 Å². The number of nitrogen functional groups attached to an aromatic ring is 1. The number of anilines is 1. The molecular formula is C14H17Cl2N3O. The Labute approximate surface area is 127 Å². The van der Waals surface area contributed by atoms with Crippen LogP contribution in [0, 0.1) is 0 Å². The van der Waals surface area contributed by atoms with E-state index in [9.17, 15) is 4.79 Å². The van der Waals surface area contributed by atoms with Crippen LogP contribution in [-0.4, -0.2) is 9.36 Å². The molecule has 4 nitrogen and oxygen atoms in total. The second-order valence-electron chi connectivity index (χ2n) is 4.88. The predicted octanol–water partition coefficient (Wildman–Crippen LogP) is 3.67. The average Bonchev–Trinajstić information content (AvgIpc) is 2.65. The van der Waals surface area contributed by atoms with E-state index in [4.69, 9.17) is 28.9 Å². The summed E-state index contributed by atoms with van der Waals surface area (Å²) in [4.78, 5) is 12.4. The topological polar surface area (TPSA) is 52.9 Å². The highest BCUT2D eigenvalue weighted by Gasteiger charge is 2.20. The lowest BCUT2D eigenvalue weighted by molar-refractivity contribution is 0.534. The molecule has 0 spiro atoms. The van der Waals surface area contributed by atoms with Gasteiger partial charge >= 0.3 is 0 Å².